The van der Waals surface area contributed by atoms with Gasteiger partial charge in [-0.25, -0.2) is 4.79 Å². The van der Waals surface area contributed by atoms with Crippen molar-refractivity contribution in [3.8, 4) is 0 Å². The summed E-state index contributed by atoms with van der Waals surface area (Å²) in [6, 6.07) is 5.10. The Morgan fingerprint density at radius 1 is 1.30 bits per heavy atom. The van der Waals surface area contributed by atoms with Gasteiger partial charge in [0.05, 0.1) is 23.6 Å². The number of hydrogen-bond acceptors (Lipinski definition) is 7. The molecule has 1 aromatic carbocycles. The number of hydrogen-bond donors (Lipinski definition) is 2. The van der Waals surface area contributed by atoms with Gasteiger partial charge in [0.25, 0.3) is 0 Å². The maximum atomic E-state index is 12.6. The number of carbonyl (C=O) groups excluding carboxylic acids is 2. The summed E-state index contributed by atoms with van der Waals surface area (Å²) in [4.78, 5) is 26.2. The first-order valence-electron chi connectivity index (χ1n) is 9.73. The van der Waals surface area contributed by atoms with Crippen LogP contribution in [0.25, 0.3) is 10.9 Å². The van der Waals surface area contributed by atoms with E-state index in [-0.39, 0.29) is 23.8 Å². The second-order valence-electron chi connectivity index (χ2n) is 7.88. The van der Waals surface area contributed by atoms with Crippen LogP contribution in [0, 0.1) is 5.92 Å². The van der Waals surface area contributed by atoms with Gasteiger partial charge in [-0.05, 0) is 43.0 Å². The third-order valence-corrected chi connectivity index (χ3v) is 5.60. The van der Waals surface area contributed by atoms with Gasteiger partial charge in [0.2, 0.25) is 5.91 Å². The molecular weight excluding hydrogens is 386 g/mol. The van der Waals surface area contributed by atoms with Crippen molar-refractivity contribution in [1.29, 1.82) is 0 Å². The molecule has 0 bridgehead atoms. The molecule has 1 saturated heterocycles. The lowest BCUT2D eigenvalue weighted by atomic mass is 10.1. The molecule has 0 radical (unpaired) electrons. The van der Waals surface area contributed by atoms with Crippen molar-refractivity contribution in [2.75, 3.05) is 22.6 Å². The molecule has 3 atom stereocenters. The van der Waals surface area contributed by atoms with E-state index in [1.807, 2.05) is 20.2 Å². The second kappa shape index (κ2) is 6.68. The smallest absolute Gasteiger partial charge is 0.414 e. The molecule has 30 heavy (non-hydrogen) atoms. The van der Waals surface area contributed by atoms with E-state index < -0.39 is 6.09 Å². The van der Waals surface area contributed by atoms with Crippen molar-refractivity contribution in [2.45, 2.75) is 25.3 Å². The van der Waals surface area contributed by atoms with Crippen molar-refractivity contribution in [2.24, 2.45) is 13.0 Å². The Labute approximate surface area is 172 Å². The molecule has 2 aromatic heterocycles. The number of benzene rings is 1. The van der Waals surface area contributed by atoms with Crippen LogP contribution in [-0.2, 0) is 16.6 Å². The molecule has 1 aliphatic heterocycles. The van der Waals surface area contributed by atoms with Crippen LogP contribution in [0.4, 0.5) is 22.0 Å². The Balaban J connectivity index is 1.38. The Morgan fingerprint density at radius 3 is 2.83 bits per heavy atom. The second-order valence-corrected chi connectivity index (χ2v) is 7.88. The minimum absolute atomic E-state index is 0.0948. The number of carbonyl (C=O) groups is 2. The van der Waals surface area contributed by atoms with Crippen LogP contribution < -0.4 is 16.0 Å². The fourth-order valence-electron chi connectivity index (χ4n) is 3.95. The highest BCUT2D eigenvalue weighted by molar-refractivity contribution is 6.00. The van der Waals surface area contributed by atoms with E-state index in [0.29, 0.717) is 34.7 Å². The quantitative estimate of drug-likeness (QED) is 0.633. The Bertz CT molecular complexity index is 1170. The highest BCUT2D eigenvalue weighted by Gasteiger charge is 2.44. The highest BCUT2D eigenvalue weighted by atomic mass is 16.6. The summed E-state index contributed by atoms with van der Waals surface area (Å²) >= 11 is 0. The maximum Gasteiger partial charge on any atom is 0.414 e. The van der Waals surface area contributed by atoms with Gasteiger partial charge in [-0.2, -0.15) is 5.10 Å². The van der Waals surface area contributed by atoms with Gasteiger partial charge < -0.3 is 15.8 Å². The number of nitrogens with one attached hydrogen (secondary N) is 1. The molecule has 154 valence electrons. The van der Waals surface area contributed by atoms with Crippen molar-refractivity contribution in [3.05, 3.63) is 36.2 Å². The molecule has 2 aliphatic rings. The summed E-state index contributed by atoms with van der Waals surface area (Å²) in [6.45, 7) is 2.22. The van der Waals surface area contributed by atoms with Gasteiger partial charge in [0.1, 0.15) is 12.1 Å². The lowest BCUT2D eigenvalue weighted by molar-refractivity contribution is -0.117. The van der Waals surface area contributed by atoms with Gasteiger partial charge in [0, 0.05) is 24.5 Å². The van der Waals surface area contributed by atoms with Crippen molar-refractivity contribution in [3.63, 3.8) is 0 Å². The SMILES string of the molecule is C[C@H]1COC(=O)N1c1cc(N)c2nnc(NC(=O)[C@@H]3C[C@H]3c3cnn(C)c3)cc2c1. The van der Waals surface area contributed by atoms with Gasteiger partial charge in [-0.15, -0.1) is 10.2 Å². The largest absolute Gasteiger partial charge is 0.447 e. The summed E-state index contributed by atoms with van der Waals surface area (Å²) < 4.78 is 6.83. The number of cyclic esters (lactones) is 1. The number of aromatic nitrogens is 4. The van der Waals surface area contributed by atoms with Crippen LogP contribution in [0.1, 0.15) is 24.8 Å². The first kappa shape index (κ1) is 18.3. The molecule has 10 heteroatoms. The van der Waals surface area contributed by atoms with Crippen LogP contribution >= 0.6 is 0 Å². The van der Waals surface area contributed by atoms with E-state index in [2.05, 4.69) is 20.6 Å². The molecule has 2 amide bonds. The van der Waals surface area contributed by atoms with E-state index in [9.17, 15) is 9.59 Å². The van der Waals surface area contributed by atoms with E-state index in [4.69, 9.17) is 10.5 Å². The van der Waals surface area contributed by atoms with Gasteiger partial charge in [-0.1, -0.05) is 0 Å². The first-order valence-corrected chi connectivity index (χ1v) is 9.73. The van der Waals surface area contributed by atoms with Gasteiger partial charge in [-0.3, -0.25) is 14.4 Å². The molecular formula is C20H21N7O3. The lowest BCUT2D eigenvalue weighted by Gasteiger charge is -2.19. The molecule has 1 saturated carbocycles. The van der Waals surface area contributed by atoms with E-state index in [1.165, 1.54) is 0 Å². The Kier molecular flexibility index (Phi) is 4.09. The zero-order valence-corrected chi connectivity index (χ0v) is 16.6. The molecule has 10 nitrogen and oxygen atoms in total. The van der Waals surface area contributed by atoms with Crippen LogP contribution in [0.2, 0.25) is 0 Å². The number of amides is 2. The predicted octanol–water partition coefficient (Wildman–Crippen LogP) is 2.03. The van der Waals surface area contributed by atoms with E-state index in [0.717, 1.165) is 12.0 Å². The number of anilines is 3. The average molecular weight is 407 g/mol. The van der Waals surface area contributed by atoms with Gasteiger partial charge in [0.15, 0.2) is 5.82 Å². The van der Waals surface area contributed by atoms with Crippen LogP contribution in [-0.4, -0.2) is 44.6 Å². The number of fused-ring (bicyclic) bond motifs is 1. The monoisotopic (exact) mass is 407 g/mol. The fourth-order valence-corrected chi connectivity index (χ4v) is 3.95. The normalized spacial score (nSPS) is 22.9. The standard InChI is InChI=1S/C20H21N7O3/c1-10-9-30-20(29)27(10)13-3-11-4-17(24-25-18(11)16(21)5-13)23-19(28)15-6-14(15)12-7-22-26(2)8-12/h3-5,7-8,10,14-15H,6,9,21H2,1-2H3,(H,23,24,28)/t10-,14-,15+/m0/s1. The number of nitrogens with two attached hydrogens (primary N) is 1. The number of nitrogens with zero attached hydrogens (tertiary/aromatic N) is 5. The minimum Gasteiger partial charge on any atom is -0.447 e. The zero-order chi connectivity index (χ0) is 21.0. The molecule has 1 aliphatic carbocycles. The van der Waals surface area contributed by atoms with Crippen molar-refractivity contribution in [1.82, 2.24) is 20.0 Å². The molecule has 5 rings (SSSR count). The Morgan fingerprint density at radius 2 is 2.13 bits per heavy atom. The number of aryl methyl sites for hydroxylation is 1. The minimum atomic E-state index is -0.410. The van der Waals surface area contributed by atoms with Crippen molar-refractivity contribution < 1.29 is 14.3 Å². The summed E-state index contributed by atoms with van der Waals surface area (Å²) in [5, 5.41) is 15.9. The summed E-state index contributed by atoms with van der Waals surface area (Å²) in [7, 11) is 1.86. The molecule has 3 aromatic rings. The topological polar surface area (TPSA) is 128 Å². The number of nitrogen functional groups attached to an aromatic ring is 1. The van der Waals surface area contributed by atoms with Crippen LogP contribution in [0.3, 0.4) is 0 Å². The molecule has 2 fully saturated rings. The summed E-state index contributed by atoms with van der Waals surface area (Å²) in [5.74, 6) is 0.316. The zero-order valence-electron chi connectivity index (χ0n) is 16.6. The molecule has 3 N–H and O–H groups in total. The lowest BCUT2D eigenvalue weighted by Crippen LogP contribution is -2.30. The third-order valence-electron chi connectivity index (χ3n) is 5.60. The number of ether oxygens (including phenoxy) is 1. The summed E-state index contributed by atoms with van der Waals surface area (Å²) in [6.07, 6.45) is 4.10. The molecule has 3 heterocycles. The van der Waals surface area contributed by atoms with Crippen molar-refractivity contribution >= 4 is 40.1 Å². The summed E-state index contributed by atoms with van der Waals surface area (Å²) in [5.41, 5.74) is 8.73. The first-order chi connectivity index (χ1) is 14.4. The van der Waals surface area contributed by atoms with Crippen LogP contribution in [0.5, 0.6) is 0 Å². The Hall–Kier alpha value is -3.69. The average Bonchev–Trinajstić information content (AvgIpc) is 3.28. The molecule has 0 unspecified atom stereocenters. The number of rotatable bonds is 4. The fraction of sp³-hybridized carbons (Fsp3) is 0.350. The highest BCUT2D eigenvalue weighted by Crippen LogP contribution is 2.47. The predicted molar refractivity (Wildman–Crippen MR) is 110 cm³/mol. The van der Waals surface area contributed by atoms with Crippen LogP contribution in [0.15, 0.2) is 30.6 Å². The van der Waals surface area contributed by atoms with E-state index in [1.54, 1.807) is 34.0 Å². The van der Waals surface area contributed by atoms with Gasteiger partial charge >= 0.3 is 6.09 Å². The maximum absolute atomic E-state index is 12.6. The third kappa shape index (κ3) is 3.10. The molecule has 0 spiro atoms. The van der Waals surface area contributed by atoms with E-state index >= 15 is 0 Å².